The molecular formula is C13H21N5O. The molecule has 0 radical (unpaired) electrons. The number of rotatable bonds is 4. The van der Waals surface area contributed by atoms with Crippen molar-refractivity contribution in [1.29, 1.82) is 0 Å². The number of hydrogen-bond acceptors (Lipinski definition) is 6. The minimum absolute atomic E-state index is 0.584. The van der Waals surface area contributed by atoms with E-state index in [1.54, 1.807) is 0 Å². The van der Waals surface area contributed by atoms with Gasteiger partial charge in [0, 0.05) is 51.2 Å². The zero-order valence-corrected chi connectivity index (χ0v) is 11.2. The number of nitrogens with one attached hydrogen (secondary N) is 1. The Bertz CT molecular complexity index is 432. The molecule has 3 aliphatic rings. The molecule has 3 fully saturated rings. The molecule has 0 unspecified atom stereocenters. The zero-order chi connectivity index (χ0) is 12.7. The average molecular weight is 263 g/mol. The standard InChI is InChI=1S/C13H21N5O/c1-2-10(1)13-15-12(19-16-13)9-17-3-5-18(6-4-17)11-7-14-8-11/h10-11,14H,1-9H2. The predicted molar refractivity (Wildman–Crippen MR) is 69.8 cm³/mol. The van der Waals surface area contributed by atoms with Gasteiger partial charge in [-0.2, -0.15) is 4.98 Å². The molecule has 0 amide bonds. The number of hydrogen-bond donors (Lipinski definition) is 1. The Kier molecular flexibility index (Phi) is 3.01. The summed E-state index contributed by atoms with van der Waals surface area (Å²) in [6, 6.07) is 0.770. The van der Waals surface area contributed by atoms with Crippen LogP contribution in [0.3, 0.4) is 0 Å². The Morgan fingerprint density at radius 3 is 2.58 bits per heavy atom. The molecule has 0 bridgehead atoms. The molecule has 0 atom stereocenters. The predicted octanol–water partition coefficient (Wildman–Crippen LogP) is 0.0364. The van der Waals surface area contributed by atoms with Crippen molar-refractivity contribution in [2.45, 2.75) is 31.3 Å². The number of aromatic nitrogens is 2. The van der Waals surface area contributed by atoms with Crippen molar-refractivity contribution < 1.29 is 4.52 Å². The van der Waals surface area contributed by atoms with E-state index in [9.17, 15) is 0 Å². The van der Waals surface area contributed by atoms with Crippen molar-refractivity contribution >= 4 is 0 Å². The highest BCUT2D eigenvalue weighted by Crippen LogP contribution is 2.38. The summed E-state index contributed by atoms with van der Waals surface area (Å²) in [4.78, 5) is 9.52. The van der Waals surface area contributed by atoms with E-state index >= 15 is 0 Å². The molecule has 0 aromatic carbocycles. The Balaban J connectivity index is 1.28. The number of piperazine rings is 1. The lowest BCUT2D eigenvalue weighted by atomic mass is 10.1. The third kappa shape index (κ3) is 2.52. The maximum atomic E-state index is 5.35. The summed E-state index contributed by atoms with van der Waals surface area (Å²) >= 11 is 0. The van der Waals surface area contributed by atoms with Crippen LogP contribution in [0.2, 0.25) is 0 Å². The summed E-state index contributed by atoms with van der Waals surface area (Å²) in [7, 11) is 0. The molecule has 2 aliphatic heterocycles. The second kappa shape index (κ2) is 4.85. The Morgan fingerprint density at radius 1 is 1.16 bits per heavy atom. The van der Waals surface area contributed by atoms with Gasteiger partial charge in [-0.05, 0) is 12.8 Å². The number of nitrogens with zero attached hydrogens (tertiary/aromatic N) is 4. The second-order valence-corrected chi connectivity index (χ2v) is 5.94. The van der Waals surface area contributed by atoms with E-state index < -0.39 is 0 Å². The zero-order valence-electron chi connectivity index (χ0n) is 11.2. The molecule has 0 spiro atoms. The lowest BCUT2D eigenvalue weighted by Crippen LogP contribution is -2.61. The van der Waals surface area contributed by atoms with E-state index in [2.05, 4.69) is 25.3 Å². The van der Waals surface area contributed by atoms with Gasteiger partial charge in [0.2, 0.25) is 5.89 Å². The molecule has 3 heterocycles. The third-order valence-corrected chi connectivity index (χ3v) is 4.47. The molecule has 6 nitrogen and oxygen atoms in total. The summed E-state index contributed by atoms with van der Waals surface area (Å²) in [5, 5.41) is 7.42. The first-order valence-electron chi connectivity index (χ1n) is 7.38. The van der Waals surface area contributed by atoms with Crippen molar-refractivity contribution in [1.82, 2.24) is 25.3 Å². The first-order valence-corrected chi connectivity index (χ1v) is 7.38. The van der Waals surface area contributed by atoms with Gasteiger partial charge in [0.1, 0.15) is 0 Å². The first kappa shape index (κ1) is 11.8. The van der Waals surface area contributed by atoms with Gasteiger partial charge >= 0.3 is 0 Å². The fraction of sp³-hybridized carbons (Fsp3) is 0.846. The Morgan fingerprint density at radius 2 is 1.95 bits per heavy atom. The van der Waals surface area contributed by atoms with E-state index in [1.165, 1.54) is 12.8 Å². The third-order valence-electron chi connectivity index (χ3n) is 4.47. The van der Waals surface area contributed by atoms with Crippen molar-refractivity contribution in [2.24, 2.45) is 0 Å². The minimum atomic E-state index is 0.584. The van der Waals surface area contributed by atoms with E-state index in [4.69, 9.17) is 4.52 Å². The molecule has 1 aromatic rings. The first-order chi connectivity index (χ1) is 9.38. The summed E-state index contributed by atoms with van der Waals surface area (Å²) in [6.45, 7) is 7.68. The largest absolute Gasteiger partial charge is 0.338 e. The smallest absolute Gasteiger partial charge is 0.240 e. The van der Waals surface area contributed by atoms with Crippen LogP contribution in [0.25, 0.3) is 0 Å². The fourth-order valence-corrected chi connectivity index (χ4v) is 2.85. The summed E-state index contributed by atoms with van der Waals surface area (Å²) in [5.74, 6) is 2.30. The molecule has 1 aliphatic carbocycles. The normalized spacial score (nSPS) is 26.5. The van der Waals surface area contributed by atoms with Gasteiger partial charge in [0.25, 0.3) is 0 Å². The Labute approximate surface area is 113 Å². The molecule has 6 heteroatoms. The van der Waals surface area contributed by atoms with Gasteiger partial charge < -0.3 is 9.84 Å². The van der Waals surface area contributed by atoms with Gasteiger partial charge in [-0.25, -0.2) is 0 Å². The van der Waals surface area contributed by atoms with Crippen molar-refractivity contribution in [2.75, 3.05) is 39.3 Å². The Hall–Kier alpha value is -0.980. The van der Waals surface area contributed by atoms with Gasteiger partial charge in [0.15, 0.2) is 5.82 Å². The molecule has 19 heavy (non-hydrogen) atoms. The monoisotopic (exact) mass is 263 g/mol. The van der Waals surface area contributed by atoms with Crippen LogP contribution in [-0.2, 0) is 6.54 Å². The van der Waals surface area contributed by atoms with Crippen LogP contribution in [-0.4, -0.2) is 65.3 Å². The quantitative estimate of drug-likeness (QED) is 0.827. The second-order valence-electron chi connectivity index (χ2n) is 5.94. The topological polar surface area (TPSA) is 57.4 Å². The maximum Gasteiger partial charge on any atom is 0.240 e. The molecule has 2 saturated heterocycles. The molecule has 1 aromatic heterocycles. The van der Waals surface area contributed by atoms with Crippen LogP contribution in [0.4, 0.5) is 0 Å². The van der Waals surface area contributed by atoms with E-state index in [1.807, 2.05) is 0 Å². The van der Waals surface area contributed by atoms with Crippen LogP contribution in [0.15, 0.2) is 4.52 Å². The summed E-state index contributed by atoms with van der Waals surface area (Å²) in [5.41, 5.74) is 0. The molecule has 4 rings (SSSR count). The van der Waals surface area contributed by atoms with Crippen LogP contribution < -0.4 is 5.32 Å². The summed E-state index contributed by atoms with van der Waals surface area (Å²) < 4.78 is 5.35. The van der Waals surface area contributed by atoms with Crippen LogP contribution in [0, 0.1) is 0 Å². The van der Waals surface area contributed by atoms with Gasteiger partial charge in [0.05, 0.1) is 6.54 Å². The maximum absolute atomic E-state index is 5.35. The highest BCUT2D eigenvalue weighted by molar-refractivity contribution is 5.03. The van der Waals surface area contributed by atoms with Gasteiger partial charge in [-0.1, -0.05) is 5.16 Å². The van der Waals surface area contributed by atoms with E-state index in [0.717, 1.165) is 63.6 Å². The van der Waals surface area contributed by atoms with Crippen LogP contribution >= 0.6 is 0 Å². The van der Waals surface area contributed by atoms with Crippen LogP contribution in [0.5, 0.6) is 0 Å². The minimum Gasteiger partial charge on any atom is -0.338 e. The van der Waals surface area contributed by atoms with E-state index in [-0.39, 0.29) is 0 Å². The fourth-order valence-electron chi connectivity index (χ4n) is 2.85. The summed E-state index contributed by atoms with van der Waals surface area (Å²) in [6.07, 6.45) is 2.46. The van der Waals surface area contributed by atoms with Crippen LogP contribution in [0.1, 0.15) is 30.5 Å². The molecule has 1 N–H and O–H groups in total. The van der Waals surface area contributed by atoms with Gasteiger partial charge in [-0.15, -0.1) is 0 Å². The molecule has 104 valence electrons. The molecular weight excluding hydrogens is 242 g/mol. The molecule has 1 saturated carbocycles. The van der Waals surface area contributed by atoms with Crippen molar-refractivity contribution in [3.05, 3.63) is 11.7 Å². The van der Waals surface area contributed by atoms with Crippen molar-refractivity contribution in [3.63, 3.8) is 0 Å². The lowest BCUT2D eigenvalue weighted by molar-refractivity contribution is 0.0647. The lowest BCUT2D eigenvalue weighted by Gasteiger charge is -2.43. The van der Waals surface area contributed by atoms with E-state index in [0.29, 0.717) is 5.92 Å². The SMILES string of the molecule is C1CC1c1noc(CN2CCN(C3CNC3)CC2)n1. The van der Waals surface area contributed by atoms with Gasteiger partial charge in [-0.3, -0.25) is 9.80 Å². The average Bonchev–Trinajstić information content (AvgIpc) is 3.11. The highest BCUT2D eigenvalue weighted by Gasteiger charge is 2.30. The highest BCUT2D eigenvalue weighted by atomic mass is 16.5. The van der Waals surface area contributed by atoms with Crippen molar-refractivity contribution in [3.8, 4) is 0 Å².